The maximum atomic E-state index is 9.58. The first-order valence-corrected chi connectivity index (χ1v) is 16.5. The number of hydrogen-bond acceptors (Lipinski definition) is 3. The van der Waals surface area contributed by atoms with Crippen molar-refractivity contribution in [2.45, 2.75) is 12.5 Å². The summed E-state index contributed by atoms with van der Waals surface area (Å²) in [6, 6.07) is 58.5. The molecule has 50 heavy (non-hydrogen) atoms. The Hall–Kier alpha value is -6.88. The molecule has 1 atom stereocenters. The minimum absolute atomic E-state index is 0.0955. The summed E-state index contributed by atoms with van der Waals surface area (Å²) in [7, 11) is 0. The van der Waals surface area contributed by atoms with E-state index in [1.165, 1.54) is 22.3 Å². The fourth-order valence-electron chi connectivity index (χ4n) is 6.17. The average Bonchev–Trinajstić information content (AvgIpc) is 3.20. The number of benzene rings is 6. The molecule has 0 radical (unpaired) electrons. The van der Waals surface area contributed by atoms with Crippen molar-refractivity contribution >= 4 is 23.1 Å². The van der Waals surface area contributed by atoms with Crippen LogP contribution in [0.3, 0.4) is 0 Å². The second-order valence-electron chi connectivity index (χ2n) is 12.0. The summed E-state index contributed by atoms with van der Waals surface area (Å²) < 4.78 is 6.34. The molecule has 7 rings (SSSR count). The van der Waals surface area contributed by atoms with Gasteiger partial charge in [-0.3, -0.25) is 0 Å². The van der Waals surface area contributed by atoms with Crippen LogP contribution in [0.15, 0.2) is 193 Å². The number of nitriles is 1. The first-order valence-electron chi connectivity index (χ1n) is 16.5. The zero-order chi connectivity index (χ0) is 34.1. The van der Waals surface area contributed by atoms with E-state index < -0.39 is 0 Å². The van der Waals surface area contributed by atoms with Crippen LogP contribution >= 0.6 is 0 Å². The van der Waals surface area contributed by atoms with Gasteiger partial charge in [0.05, 0.1) is 12.6 Å². The highest BCUT2D eigenvalue weighted by molar-refractivity contribution is 5.80. The van der Waals surface area contributed by atoms with Gasteiger partial charge in [0.2, 0.25) is 0 Å². The highest BCUT2D eigenvalue weighted by Crippen LogP contribution is 2.38. The summed E-state index contributed by atoms with van der Waals surface area (Å²) in [5.74, 6) is 0.610. The van der Waals surface area contributed by atoms with E-state index in [4.69, 9.17) is 11.3 Å². The van der Waals surface area contributed by atoms with E-state index in [2.05, 4.69) is 137 Å². The van der Waals surface area contributed by atoms with Crippen molar-refractivity contribution in [1.29, 1.82) is 5.26 Å². The summed E-state index contributed by atoms with van der Waals surface area (Å²) >= 11 is 0. The standard InChI is InChI=1S/C46H33N3O/c1-48-45(33-47)40-31-44(50-46(32-40)39-15-9-4-10-16-39)30-19-34-17-24-41(25-18-34)49(42-26-20-37(21-27-42)35-11-5-2-6-12-35)43-28-22-38(23-29-43)36-13-7-3-8-14-36/h2-31,46H,32H2/b30-19+,45-40+. The Bertz CT molecular complexity index is 2140. The summed E-state index contributed by atoms with van der Waals surface area (Å²) in [4.78, 5) is 5.73. The number of rotatable bonds is 8. The van der Waals surface area contributed by atoms with Crippen LogP contribution in [0.1, 0.15) is 23.7 Å². The number of nitrogens with zero attached hydrogens (tertiary/aromatic N) is 3. The Kier molecular flexibility index (Phi) is 9.45. The Morgan fingerprint density at radius 2 is 1.08 bits per heavy atom. The molecule has 0 saturated carbocycles. The van der Waals surface area contributed by atoms with E-state index in [0.717, 1.165) is 28.2 Å². The summed E-state index contributed by atoms with van der Waals surface area (Å²) in [5, 5.41) is 9.58. The van der Waals surface area contributed by atoms with Gasteiger partial charge in [0, 0.05) is 23.5 Å². The van der Waals surface area contributed by atoms with Crippen molar-refractivity contribution in [3.63, 3.8) is 0 Å². The molecule has 0 aromatic heterocycles. The summed E-state index contributed by atoms with van der Waals surface area (Å²) in [6.45, 7) is 7.50. The fraction of sp³-hybridized carbons (Fsp3) is 0.0435. The lowest BCUT2D eigenvalue weighted by molar-refractivity contribution is 0.118. The Morgan fingerprint density at radius 3 is 1.56 bits per heavy atom. The first kappa shape index (κ1) is 31.7. The zero-order valence-corrected chi connectivity index (χ0v) is 27.4. The highest BCUT2D eigenvalue weighted by Gasteiger charge is 2.22. The second-order valence-corrected chi connectivity index (χ2v) is 12.0. The van der Waals surface area contributed by atoms with Crippen molar-refractivity contribution in [2.75, 3.05) is 4.90 Å². The van der Waals surface area contributed by atoms with Crippen LogP contribution in [-0.2, 0) is 4.74 Å². The van der Waals surface area contributed by atoms with E-state index >= 15 is 0 Å². The molecule has 4 heteroatoms. The molecular formula is C46H33N3O. The lowest BCUT2D eigenvalue weighted by atomic mass is 9.97. The molecule has 0 bridgehead atoms. The van der Waals surface area contributed by atoms with Crippen molar-refractivity contribution in [3.05, 3.63) is 216 Å². The molecule has 1 heterocycles. The molecule has 0 aliphatic carbocycles. The number of anilines is 3. The normalized spacial score (nSPS) is 14.9. The fourth-order valence-corrected chi connectivity index (χ4v) is 6.17. The molecule has 0 saturated heterocycles. The van der Waals surface area contributed by atoms with Crippen LogP contribution in [0.2, 0.25) is 0 Å². The van der Waals surface area contributed by atoms with Crippen molar-refractivity contribution in [3.8, 4) is 28.3 Å². The highest BCUT2D eigenvalue weighted by atomic mass is 16.5. The monoisotopic (exact) mass is 643 g/mol. The van der Waals surface area contributed by atoms with Crippen LogP contribution in [0, 0.1) is 17.9 Å². The van der Waals surface area contributed by atoms with E-state index in [-0.39, 0.29) is 11.8 Å². The lowest BCUT2D eigenvalue weighted by Gasteiger charge is -2.26. The Morgan fingerprint density at radius 1 is 0.620 bits per heavy atom. The van der Waals surface area contributed by atoms with Crippen molar-refractivity contribution < 1.29 is 4.74 Å². The molecule has 6 aromatic rings. The Balaban J connectivity index is 1.19. The van der Waals surface area contributed by atoms with Gasteiger partial charge in [-0.15, -0.1) is 0 Å². The summed E-state index contributed by atoms with van der Waals surface area (Å²) in [6.07, 6.45) is 5.90. The number of hydrogen-bond donors (Lipinski definition) is 0. The molecule has 1 aliphatic rings. The average molecular weight is 644 g/mol. The smallest absolute Gasteiger partial charge is 0.265 e. The third-order valence-electron chi connectivity index (χ3n) is 8.75. The largest absolute Gasteiger partial charge is 0.485 e. The molecule has 0 fully saturated rings. The first-order chi connectivity index (χ1) is 24.7. The lowest BCUT2D eigenvalue weighted by Crippen LogP contribution is -2.10. The van der Waals surface area contributed by atoms with Gasteiger partial charge in [-0.05, 0) is 87.5 Å². The maximum absolute atomic E-state index is 9.58. The topological polar surface area (TPSA) is 40.6 Å². The minimum Gasteiger partial charge on any atom is -0.485 e. The zero-order valence-electron chi connectivity index (χ0n) is 27.4. The van der Waals surface area contributed by atoms with Gasteiger partial charge in [0.1, 0.15) is 11.9 Å². The van der Waals surface area contributed by atoms with Crippen molar-refractivity contribution in [2.24, 2.45) is 0 Å². The molecule has 4 nitrogen and oxygen atoms in total. The van der Waals surface area contributed by atoms with E-state index in [9.17, 15) is 5.26 Å². The van der Waals surface area contributed by atoms with Gasteiger partial charge >= 0.3 is 0 Å². The van der Waals surface area contributed by atoms with Gasteiger partial charge in [-0.1, -0.05) is 133 Å². The summed E-state index contributed by atoms with van der Waals surface area (Å²) in [5.41, 5.74) is 10.6. The molecule has 0 N–H and O–H groups in total. The van der Waals surface area contributed by atoms with Gasteiger partial charge in [0.25, 0.3) is 5.70 Å². The Labute approximate surface area is 293 Å². The molecule has 238 valence electrons. The van der Waals surface area contributed by atoms with Gasteiger partial charge < -0.3 is 9.64 Å². The van der Waals surface area contributed by atoms with Gasteiger partial charge in [0.15, 0.2) is 0 Å². The molecule has 1 unspecified atom stereocenters. The molecule has 0 spiro atoms. The predicted molar refractivity (Wildman–Crippen MR) is 203 cm³/mol. The van der Waals surface area contributed by atoms with E-state index in [0.29, 0.717) is 17.8 Å². The van der Waals surface area contributed by atoms with Gasteiger partial charge in [-0.25, -0.2) is 10.1 Å². The number of ether oxygens (including phenoxy) is 1. The van der Waals surface area contributed by atoms with Crippen molar-refractivity contribution in [1.82, 2.24) is 0 Å². The maximum Gasteiger partial charge on any atom is 0.265 e. The SMILES string of the molecule is [C-]#[N+]/C(C#N)=C1C=C(/C=C/c2ccc(N(c3ccc(-c4ccccc4)cc3)c3ccc(-c4ccccc4)cc3)cc2)OC(c2ccccc2)C\1. The van der Waals surface area contributed by atoms with E-state index in [1.54, 1.807) is 6.08 Å². The molecule has 0 amide bonds. The van der Waals surface area contributed by atoms with Crippen LogP contribution < -0.4 is 4.90 Å². The molecule has 6 aromatic carbocycles. The van der Waals surface area contributed by atoms with Crippen LogP contribution in [0.25, 0.3) is 33.2 Å². The molecular weight excluding hydrogens is 611 g/mol. The third kappa shape index (κ3) is 7.16. The minimum atomic E-state index is -0.279. The van der Waals surface area contributed by atoms with Crippen LogP contribution in [-0.4, -0.2) is 0 Å². The second kappa shape index (κ2) is 14.9. The van der Waals surface area contributed by atoms with Crippen LogP contribution in [0.5, 0.6) is 0 Å². The molecule has 1 aliphatic heterocycles. The van der Waals surface area contributed by atoms with Crippen LogP contribution in [0.4, 0.5) is 17.1 Å². The number of allylic oxidation sites excluding steroid dienone is 3. The van der Waals surface area contributed by atoms with Gasteiger partial charge in [-0.2, -0.15) is 0 Å². The quantitative estimate of drug-likeness (QED) is 0.122. The predicted octanol–water partition coefficient (Wildman–Crippen LogP) is 12.2. The third-order valence-corrected chi connectivity index (χ3v) is 8.75. The van der Waals surface area contributed by atoms with E-state index in [1.807, 2.05) is 54.6 Å².